The predicted molar refractivity (Wildman–Crippen MR) is 56.1 cm³/mol. The minimum Gasteiger partial charge on any atom is -0.384 e. The molecule has 0 bridgehead atoms. The van der Waals surface area contributed by atoms with Gasteiger partial charge in [0, 0.05) is 12.2 Å². The molecule has 0 unspecified atom stereocenters. The summed E-state index contributed by atoms with van der Waals surface area (Å²) in [4.78, 5) is 0. The van der Waals surface area contributed by atoms with Crippen LogP contribution in [-0.2, 0) is 10.1 Å². The molecule has 0 aliphatic heterocycles. The van der Waals surface area contributed by atoms with E-state index in [1.54, 1.807) is 0 Å². The molecular formula is C9H13NO3S. The van der Waals surface area contributed by atoms with Gasteiger partial charge in [-0.3, -0.25) is 4.55 Å². The molecule has 78 valence electrons. The summed E-state index contributed by atoms with van der Waals surface area (Å²) in [6, 6.07) is 7.58. The SMILES string of the molecule is Cc1cccc(NCCS(=O)(=O)O)c1. The van der Waals surface area contributed by atoms with Gasteiger partial charge in [-0.2, -0.15) is 8.42 Å². The molecular weight excluding hydrogens is 202 g/mol. The minimum absolute atomic E-state index is 0.211. The molecule has 1 rings (SSSR count). The number of anilines is 1. The summed E-state index contributed by atoms with van der Waals surface area (Å²) in [5, 5.41) is 2.90. The Bertz CT molecular complexity index is 400. The van der Waals surface area contributed by atoms with Crippen molar-refractivity contribution in [2.45, 2.75) is 6.92 Å². The van der Waals surface area contributed by atoms with E-state index in [0.29, 0.717) is 0 Å². The molecule has 0 radical (unpaired) electrons. The van der Waals surface area contributed by atoms with Crippen molar-refractivity contribution in [3.05, 3.63) is 29.8 Å². The van der Waals surface area contributed by atoms with E-state index >= 15 is 0 Å². The van der Waals surface area contributed by atoms with Gasteiger partial charge in [-0.1, -0.05) is 12.1 Å². The summed E-state index contributed by atoms with van der Waals surface area (Å²) in [6.45, 7) is 2.16. The molecule has 0 aliphatic carbocycles. The van der Waals surface area contributed by atoms with Crippen molar-refractivity contribution in [1.82, 2.24) is 0 Å². The van der Waals surface area contributed by atoms with Gasteiger partial charge in [-0.15, -0.1) is 0 Å². The number of hydrogen-bond acceptors (Lipinski definition) is 3. The molecule has 0 saturated heterocycles. The highest BCUT2D eigenvalue weighted by atomic mass is 32.2. The lowest BCUT2D eigenvalue weighted by Crippen LogP contribution is -2.14. The van der Waals surface area contributed by atoms with Gasteiger partial charge in [0.1, 0.15) is 0 Å². The number of benzene rings is 1. The zero-order chi connectivity index (χ0) is 10.6. The van der Waals surface area contributed by atoms with E-state index in [0.717, 1.165) is 11.3 Å². The molecule has 0 aliphatic rings. The van der Waals surface area contributed by atoms with Gasteiger partial charge in [0.05, 0.1) is 5.75 Å². The van der Waals surface area contributed by atoms with Gasteiger partial charge in [-0.25, -0.2) is 0 Å². The third kappa shape index (κ3) is 4.25. The Hall–Kier alpha value is -1.07. The third-order valence-corrected chi connectivity index (χ3v) is 2.43. The van der Waals surface area contributed by atoms with Crippen molar-refractivity contribution in [1.29, 1.82) is 0 Å². The Morgan fingerprint density at radius 3 is 2.71 bits per heavy atom. The topological polar surface area (TPSA) is 66.4 Å². The van der Waals surface area contributed by atoms with Crippen LogP contribution in [-0.4, -0.2) is 25.3 Å². The second-order valence-electron chi connectivity index (χ2n) is 3.08. The predicted octanol–water partition coefficient (Wildman–Crippen LogP) is 1.29. The Balaban J connectivity index is 2.47. The number of aryl methyl sites for hydroxylation is 1. The summed E-state index contributed by atoms with van der Waals surface area (Å²) < 4.78 is 29.3. The quantitative estimate of drug-likeness (QED) is 0.743. The van der Waals surface area contributed by atoms with Gasteiger partial charge in [-0.05, 0) is 24.6 Å². The summed E-state index contributed by atoms with van der Waals surface area (Å²) >= 11 is 0. The van der Waals surface area contributed by atoms with Crippen molar-refractivity contribution >= 4 is 15.8 Å². The molecule has 4 nitrogen and oxygen atoms in total. The first-order valence-corrected chi connectivity index (χ1v) is 5.84. The van der Waals surface area contributed by atoms with E-state index in [-0.39, 0.29) is 12.3 Å². The van der Waals surface area contributed by atoms with Gasteiger partial charge in [0.2, 0.25) is 0 Å². The molecule has 1 aromatic rings. The zero-order valence-corrected chi connectivity index (χ0v) is 8.71. The number of nitrogens with one attached hydrogen (secondary N) is 1. The summed E-state index contributed by atoms with van der Waals surface area (Å²) in [5.74, 6) is -0.277. The maximum Gasteiger partial charge on any atom is 0.266 e. The number of rotatable bonds is 4. The molecule has 0 fully saturated rings. The number of hydrogen-bond donors (Lipinski definition) is 2. The lowest BCUT2D eigenvalue weighted by atomic mass is 10.2. The first-order chi connectivity index (χ1) is 6.47. The first-order valence-electron chi connectivity index (χ1n) is 4.23. The van der Waals surface area contributed by atoms with Crippen molar-refractivity contribution in [3.63, 3.8) is 0 Å². The van der Waals surface area contributed by atoms with Crippen molar-refractivity contribution < 1.29 is 13.0 Å². The van der Waals surface area contributed by atoms with E-state index in [2.05, 4.69) is 5.32 Å². The highest BCUT2D eigenvalue weighted by Crippen LogP contribution is 2.08. The molecule has 1 aromatic carbocycles. The smallest absolute Gasteiger partial charge is 0.266 e. The van der Waals surface area contributed by atoms with E-state index in [4.69, 9.17) is 4.55 Å². The molecule has 0 amide bonds. The highest BCUT2D eigenvalue weighted by molar-refractivity contribution is 7.85. The van der Waals surface area contributed by atoms with E-state index in [1.165, 1.54) is 0 Å². The average molecular weight is 215 g/mol. The van der Waals surface area contributed by atoms with E-state index in [1.807, 2.05) is 31.2 Å². The fourth-order valence-corrected chi connectivity index (χ4v) is 1.44. The van der Waals surface area contributed by atoms with Gasteiger partial charge in [0.25, 0.3) is 10.1 Å². The highest BCUT2D eigenvalue weighted by Gasteiger charge is 2.02. The van der Waals surface area contributed by atoms with Gasteiger partial charge in [0.15, 0.2) is 0 Å². The van der Waals surface area contributed by atoms with Crippen LogP contribution in [0.15, 0.2) is 24.3 Å². The van der Waals surface area contributed by atoms with E-state index in [9.17, 15) is 8.42 Å². The minimum atomic E-state index is -3.87. The van der Waals surface area contributed by atoms with Crippen LogP contribution in [0, 0.1) is 6.92 Å². The third-order valence-electron chi connectivity index (χ3n) is 1.71. The molecule has 0 aromatic heterocycles. The fraction of sp³-hybridized carbons (Fsp3) is 0.333. The van der Waals surface area contributed by atoms with Gasteiger partial charge < -0.3 is 5.32 Å². The van der Waals surface area contributed by atoms with Gasteiger partial charge >= 0.3 is 0 Å². The van der Waals surface area contributed by atoms with Crippen molar-refractivity contribution in [3.8, 4) is 0 Å². The van der Waals surface area contributed by atoms with Crippen LogP contribution in [0.1, 0.15) is 5.56 Å². The first kappa shape index (κ1) is 11.0. The summed E-state index contributed by atoms with van der Waals surface area (Å²) in [6.07, 6.45) is 0. The maximum absolute atomic E-state index is 10.4. The average Bonchev–Trinajstić information content (AvgIpc) is 2.01. The van der Waals surface area contributed by atoms with Crippen LogP contribution < -0.4 is 5.32 Å². The van der Waals surface area contributed by atoms with Crippen LogP contribution in [0.25, 0.3) is 0 Å². The monoisotopic (exact) mass is 215 g/mol. The molecule has 0 saturated carbocycles. The molecule has 5 heteroatoms. The van der Waals surface area contributed by atoms with Crippen LogP contribution in [0.3, 0.4) is 0 Å². The lowest BCUT2D eigenvalue weighted by molar-refractivity contribution is 0.484. The van der Waals surface area contributed by atoms with Crippen molar-refractivity contribution in [2.24, 2.45) is 0 Å². The summed E-state index contributed by atoms with van der Waals surface area (Å²) in [7, 11) is -3.87. The van der Waals surface area contributed by atoms with Crippen molar-refractivity contribution in [2.75, 3.05) is 17.6 Å². The second-order valence-corrected chi connectivity index (χ2v) is 4.65. The zero-order valence-electron chi connectivity index (χ0n) is 7.90. The molecule has 0 spiro atoms. The molecule has 14 heavy (non-hydrogen) atoms. The Kier molecular flexibility index (Phi) is 3.49. The molecule has 0 heterocycles. The second kappa shape index (κ2) is 4.43. The van der Waals surface area contributed by atoms with Crippen LogP contribution in [0.2, 0.25) is 0 Å². The largest absolute Gasteiger partial charge is 0.384 e. The Morgan fingerprint density at radius 1 is 1.43 bits per heavy atom. The lowest BCUT2D eigenvalue weighted by Gasteiger charge is -2.05. The summed E-state index contributed by atoms with van der Waals surface area (Å²) in [5.41, 5.74) is 1.95. The normalized spacial score (nSPS) is 11.3. The Labute approximate surface area is 83.7 Å². The Morgan fingerprint density at radius 2 is 2.14 bits per heavy atom. The fourth-order valence-electron chi connectivity index (χ4n) is 1.08. The van der Waals surface area contributed by atoms with E-state index < -0.39 is 10.1 Å². The molecule has 0 atom stereocenters. The van der Waals surface area contributed by atoms with Crippen LogP contribution in [0.4, 0.5) is 5.69 Å². The van der Waals surface area contributed by atoms with Crippen LogP contribution in [0.5, 0.6) is 0 Å². The maximum atomic E-state index is 10.4. The molecule has 2 N–H and O–H groups in total. The van der Waals surface area contributed by atoms with Crippen LogP contribution >= 0.6 is 0 Å². The standard InChI is InChI=1S/C9H13NO3S/c1-8-3-2-4-9(7-8)10-5-6-14(11,12)13/h2-4,7,10H,5-6H2,1H3,(H,11,12,13).